The number of nitrogens with zero attached hydrogens (tertiary/aromatic N) is 1. The lowest BCUT2D eigenvalue weighted by Crippen LogP contribution is -2.25. The third-order valence-corrected chi connectivity index (χ3v) is 4.31. The van der Waals surface area contributed by atoms with Crippen molar-refractivity contribution in [3.05, 3.63) is 46.2 Å². The second-order valence-electron chi connectivity index (χ2n) is 4.79. The standard InChI is InChI=1S/C15H18N4O2S/c1-3-11(22-15-18-12(16)8-13(20)19-15)14(21)17-10-7-5-4-6-9(10)2/h4-8,11H,3H2,1-2H3,(H,17,21)(H3,16,18,19,20). The molecule has 0 fully saturated rings. The molecule has 0 spiro atoms. The third kappa shape index (κ3) is 4.11. The van der Waals surface area contributed by atoms with Gasteiger partial charge in [-0.2, -0.15) is 0 Å². The van der Waals surface area contributed by atoms with Crippen molar-refractivity contribution in [1.82, 2.24) is 9.97 Å². The molecule has 1 atom stereocenters. The van der Waals surface area contributed by atoms with E-state index in [1.807, 2.05) is 38.1 Å². The SMILES string of the molecule is CCC(Sc1nc(N)cc(=O)[nH]1)C(=O)Nc1ccccc1C. The molecule has 0 aliphatic carbocycles. The van der Waals surface area contributed by atoms with E-state index in [-0.39, 0.29) is 22.5 Å². The maximum Gasteiger partial charge on any atom is 0.253 e. The number of amides is 1. The van der Waals surface area contributed by atoms with Crippen LogP contribution in [-0.4, -0.2) is 21.1 Å². The highest BCUT2D eigenvalue weighted by molar-refractivity contribution is 8.00. The lowest BCUT2D eigenvalue weighted by Gasteiger charge is -2.15. The van der Waals surface area contributed by atoms with Crippen molar-refractivity contribution in [2.24, 2.45) is 0 Å². The summed E-state index contributed by atoms with van der Waals surface area (Å²) in [6.07, 6.45) is 0.598. The summed E-state index contributed by atoms with van der Waals surface area (Å²) in [5.74, 6) is 0.00675. The summed E-state index contributed by atoms with van der Waals surface area (Å²) in [4.78, 5) is 30.4. The van der Waals surface area contributed by atoms with Gasteiger partial charge in [-0.1, -0.05) is 36.9 Å². The van der Waals surface area contributed by atoms with Crippen molar-refractivity contribution in [2.75, 3.05) is 11.1 Å². The molecule has 0 aliphatic rings. The van der Waals surface area contributed by atoms with Gasteiger partial charge in [-0.15, -0.1) is 0 Å². The molecule has 0 saturated carbocycles. The normalized spacial score (nSPS) is 11.9. The average Bonchev–Trinajstić information content (AvgIpc) is 2.46. The first-order chi connectivity index (χ1) is 10.5. The van der Waals surface area contributed by atoms with Crippen LogP contribution < -0.4 is 16.6 Å². The van der Waals surface area contributed by atoms with Gasteiger partial charge in [0.15, 0.2) is 5.16 Å². The number of H-pyrrole nitrogens is 1. The number of aryl methyl sites for hydroxylation is 1. The molecule has 1 amide bonds. The summed E-state index contributed by atoms with van der Waals surface area (Å²) in [5.41, 5.74) is 6.99. The van der Waals surface area contributed by atoms with Crippen LogP contribution >= 0.6 is 11.8 Å². The zero-order chi connectivity index (χ0) is 16.1. The number of nitrogens with two attached hydrogens (primary N) is 1. The van der Waals surface area contributed by atoms with Crippen molar-refractivity contribution < 1.29 is 4.79 Å². The Hall–Kier alpha value is -2.28. The Labute approximate surface area is 132 Å². The minimum atomic E-state index is -0.371. The minimum absolute atomic E-state index is 0.133. The Morgan fingerprint density at radius 2 is 2.18 bits per heavy atom. The molecule has 0 radical (unpaired) electrons. The third-order valence-electron chi connectivity index (χ3n) is 3.06. The maximum absolute atomic E-state index is 12.4. The van der Waals surface area contributed by atoms with Crippen LogP contribution in [0.5, 0.6) is 0 Å². The number of carbonyl (C=O) groups is 1. The van der Waals surface area contributed by atoms with Crippen LogP contribution in [-0.2, 0) is 4.79 Å². The Morgan fingerprint density at radius 1 is 1.45 bits per heavy atom. The molecule has 116 valence electrons. The number of hydrogen-bond acceptors (Lipinski definition) is 5. The van der Waals surface area contributed by atoms with Gasteiger partial charge in [-0.3, -0.25) is 9.59 Å². The monoisotopic (exact) mass is 318 g/mol. The van der Waals surface area contributed by atoms with E-state index < -0.39 is 0 Å². The fourth-order valence-electron chi connectivity index (χ4n) is 1.89. The molecular formula is C15H18N4O2S. The van der Waals surface area contributed by atoms with Gasteiger partial charge in [0.25, 0.3) is 5.56 Å². The number of rotatable bonds is 5. The quantitative estimate of drug-likeness (QED) is 0.579. The topological polar surface area (TPSA) is 101 Å². The van der Waals surface area contributed by atoms with Gasteiger partial charge in [-0.05, 0) is 25.0 Å². The first-order valence-electron chi connectivity index (χ1n) is 6.89. The van der Waals surface area contributed by atoms with Crippen molar-refractivity contribution in [3.8, 4) is 0 Å². The maximum atomic E-state index is 12.4. The van der Waals surface area contributed by atoms with Gasteiger partial charge in [0, 0.05) is 11.8 Å². The molecule has 6 nitrogen and oxygen atoms in total. The number of hydrogen-bond donors (Lipinski definition) is 3. The van der Waals surface area contributed by atoms with E-state index in [2.05, 4.69) is 15.3 Å². The Morgan fingerprint density at radius 3 is 2.82 bits per heavy atom. The zero-order valence-electron chi connectivity index (χ0n) is 12.4. The highest BCUT2D eigenvalue weighted by Crippen LogP contribution is 2.24. The van der Waals surface area contributed by atoms with Crippen molar-refractivity contribution in [2.45, 2.75) is 30.7 Å². The van der Waals surface area contributed by atoms with Crippen LogP contribution in [0.3, 0.4) is 0 Å². The van der Waals surface area contributed by atoms with E-state index in [0.717, 1.165) is 11.3 Å². The number of carbonyl (C=O) groups excluding carboxylic acids is 1. The molecule has 2 aromatic rings. The predicted molar refractivity (Wildman–Crippen MR) is 89.0 cm³/mol. The molecule has 1 heterocycles. The zero-order valence-corrected chi connectivity index (χ0v) is 13.2. The number of para-hydroxylation sites is 1. The molecule has 1 unspecified atom stereocenters. The number of aromatic nitrogens is 2. The minimum Gasteiger partial charge on any atom is -0.383 e. The van der Waals surface area contributed by atoms with Gasteiger partial charge in [-0.25, -0.2) is 4.98 Å². The van der Waals surface area contributed by atoms with Gasteiger partial charge < -0.3 is 16.0 Å². The number of aromatic amines is 1. The molecule has 0 aliphatic heterocycles. The number of benzene rings is 1. The van der Waals surface area contributed by atoms with Gasteiger partial charge >= 0.3 is 0 Å². The van der Waals surface area contributed by atoms with E-state index in [1.54, 1.807) is 0 Å². The van der Waals surface area contributed by atoms with Crippen LogP contribution in [0.1, 0.15) is 18.9 Å². The van der Waals surface area contributed by atoms with E-state index in [9.17, 15) is 9.59 Å². The van der Waals surface area contributed by atoms with E-state index >= 15 is 0 Å². The fourth-order valence-corrected chi connectivity index (χ4v) is 2.81. The predicted octanol–water partition coefficient (Wildman–Crippen LogP) is 2.17. The highest BCUT2D eigenvalue weighted by Gasteiger charge is 2.20. The number of nitrogens with one attached hydrogen (secondary N) is 2. The van der Waals surface area contributed by atoms with Crippen molar-refractivity contribution >= 4 is 29.2 Å². The first-order valence-corrected chi connectivity index (χ1v) is 7.77. The van der Waals surface area contributed by atoms with Crippen LogP contribution in [0.4, 0.5) is 11.5 Å². The molecule has 1 aromatic carbocycles. The second-order valence-corrected chi connectivity index (χ2v) is 5.99. The van der Waals surface area contributed by atoms with Crippen LogP contribution in [0.2, 0.25) is 0 Å². The number of anilines is 2. The van der Waals surface area contributed by atoms with Crippen LogP contribution in [0.25, 0.3) is 0 Å². The second kappa shape index (κ2) is 7.13. The largest absolute Gasteiger partial charge is 0.383 e. The Balaban J connectivity index is 2.12. The Kier molecular flexibility index (Phi) is 5.21. The van der Waals surface area contributed by atoms with Crippen molar-refractivity contribution in [1.29, 1.82) is 0 Å². The summed E-state index contributed by atoms with van der Waals surface area (Å²) in [6.45, 7) is 3.83. The summed E-state index contributed by atoms with van der Waals surface area (Å²) in [6, 6.07) is 8.77. The van der Waals surface area contributed by atoms with Gasteiger partial charge in [0.2, 0.25) is 5.91 Å². The molecule has 2 rings (SSSR count). The summed E-state index contributed by atoms with van der Waals surface area (Å²) >= 11 is 1.19. The molecule has 7 heteroatoms. The average molecular weight is 318 g/mol. The highest BCUT2D eigenvalue weighted by atomic mass is 32.2. The molecule has 4 N–H and O–H groups in total. The summed E-state index contributed by atoms with van der Waals surface area (Å²) in [7, 11) is 0. The summed E-state index contributed by atoms with van der Waals surface area (Å²) < 4.78 is 0. The number of thioether (sulfide) groups is 1. The van der Waals surface area contributed by atoms with Crippen LogP contribution in [0.15, 0.2) is 40.3 Å². The lowest BCUT2D eigenvalue weighted by molar-refractivity contribution is -0.115. The molecule has 22 heavy (non-hydrogen) atoms. The van der Waals surface area contributed by atoms with Crippen LogP contribution in [0, 0.1) is 6.92 Å². The summed E-state index contributed by atoms with van der Waals surface area (Å²) in [5, 5.41) is 2.87. The van der Waals surface area contributed by atoms with E-state index in [1.165, 1.54) is 17.8 Å². The molecule has 1 aromatic heterocycles. The van der Waals surface area contributed by atoms with Crippen molar-refractivity contribution in [3.63, 3.8) is 0 Å². The van der Waals surface area contributed by atoms with Gasteiger partial charge in [0.1, 0.15) is 5.82 Å². The number of nitrogen functional groups attached to an aromatic ring is 1. The first kappa shape index (κ1) is 16.1. The lowest BCUT2D eigenvalue weighted by atomic mass is 10.2. The van der Waals surface area contributed by atoms with E-state index in [0.29, 0.717) is 11.6 Å². The molecular weight excluding hydrogens is 300 g/mol. The smallest absolute Gasteiger partial charge is 0.253 e. The van der Waals surface area contributed by atoms with E-state index in [4.69, 9.17) is 5.73 Å². The fraction of sp³-hybridized carbons (Fsp3) is 0.267. The van der Waals surface area contributed by atoms with Gasteiger partial charge in [0.05, 0.1) is 5.25 Å². The molecule has 0 bridgehead atoms. The molecule has 0 saturated heterocycles. The Bertz CT molecular complexity index is 729.